The maximum atomic E-state index is 13.8. The van der Waals surface area contributed by atoms with Crippen LogP contribution in [-0.4, -0.2) is 18.4 Å². The zero-order valence-electron chi connectivity index (χ0n) is 13.9. The molecule has 0 atom stereocenters. The van der Waals surface area contributed by atoms with Crippen molar-refractivity contribution in [1.82, 2.24) is 0 Å². The van der Waals surface area contributed by atoms with Crippen LogP contribution in [0, 0.1) is 5.82 Å². The summed E-state index contributed by atoms with van der Waals surface area (Å²) in [5.41, 5.74) is 3.42. The van der Waals surface area contributed by atoms with Crippen LogP contribution >= 0.6 is 11.6 Å². The highest BCUT2D eigenvalue weighted by molar-refractivity contribution is 6.18. The predicted molar refractivity (Wildman–Crippen MR) is 94.4 cm³/mol. The Labute approximate surface area is 145 Å². The van der Waals surface area contributed by atoms with E-state index in [2.05, 4.69) is 5.32 Å². The summed E-state index contributed by atoms with van der Waals surface area (Å²) in [5.74, 6) is 0.551. The van der Waals surface area contributed by atoms with Crippen LogP contribution < -0.4 is 10.1 Å². The fraction of sp³-hybridized carbons (Fsp3) is 0.316. The number of hydrogen-bond acceptors (Lipinski definition) is 3. The molecule has 1 aliphatic heterocycles. The molecule has 2 aromatic rings. The van der Waals surface area contributed by atoms with Gasteiger partial charge >= 0.3 is 0 Å². The van der Waals surface area contributed by atoms with E-state index >= 15 is 0 Å². The fourth-order valence-electron chi connectivity index (χ4n) is 3.10. The number of methoxy groups -OCH3 is 1. The molecule has 1 heterocycles. The summed E-state index contributed by atoms with van der Waals surface area (Å²) in [4.78, 5) is 12.4. The molecule has 3 nitrogen and oxygen atoms in total. The minimum Gasteiger partial charge on any atom is -0.496 e. The van der Waals surface area contributed by atoms with Gasteiger partial charge in [-0.25, -0.2) is 4.39 Å². The van der Waals surface area contributed by atoms with Crippen molar-refractivity contribution in [2.45, 2.75) is 31.7 Å². The number of nitrogens with one attached hydrogen (secondary N) is 1. The number of rotatable bonds is 3. The number of hydrogen-bond donors (Lipinski definition) is 1. The molecule has 3 rings (SSSR count). The lowest BCUT2D eigenvalue weighted by atomic mass is 9.84. The molecule has 5 heteroatoms. The van der Waals surface area contributed by atoms with Gasteiger partial charge in [-0.15, -0.1) is 11.6 Å². The molecular formula is C19H19ClFNO2. The third kappa shape index (κ3) is 2.75. The number of halogens is 2. The van der Waals surface area contributed by atoms with E-state index in [0.29, 0.717) is 17.7 Å². The number of anilines is 1. The van der Waals surface area contributed by atoms with Crippen molar-refractivity contribution in [3.05, 3.63) is 47.3 Å². The van der Waals surface area contributed by atoms with Crippen LogP contribution in [0.25, 0.3) is 11.1 Å². The zero-order valence-corrected chi connectivity index (χ0v) is 14.6. The lowest BCUT2D eigenvalue weighted by Crippen LogP contribution is -2.45. The molecule has 0 bridgehead atoms. The molecule has 1 aliphatic rings. The molecule has 0 radical (unpaired) electrons. The Kier molecular flexibility index (Phi) is 4.26. The molecule has 0 spiro atoms. The highest BCUT2D eigenvalue weighted by Gasteiger charge is 2.34. The molecule has 24 heavy (non-hydrogen) atoms. The smallest absolute Gasteiger partial charge is 0.162 e. The van der Waals surface area contributed by atoms with E-state index in [-0.39, 0.29) is 17.5 Å². The van der Waals surface area contributed by atoms with Gasteiger partial charge in [-0.05, 0) is 54.8 Å². The zero-order chi connectivity index (χ0) is 17.5. The highest BCUT2D eigenvalue weighted by Crippen LogP contribution is 2.40. The molecule has 0 unspecified atom stereocenters. The maximum absolute atomic E-state index is 13.8. The minimum absolute atomic E-state index is 0.102. The Morgan fingerprint density at radius 2 is 2.00 bits per heavy atom. The maximum Gasteiger partial charge on any atom is 0.162 e. The Morgan fingerprint density at radius 3 is 2.67 bits per heavy atom. The second-order valence-corrected chi connectivity index (χ2v) is 6.71. The van der Waals surface area contributed by atoms with Crippen LogP contribution in [-0.2, 0) is 17.1 Å². The number of carbonyl (C=O) groups excluding carboxylic acids is 1. The molecule has 1 N–H and O–H groups in total. The van der Waals surface area contributed by atoms with Gasteiger partial charge in [-0.2, -0.15) is 0 Å². The van der Waals surface area contributed by atoms with Crippen LogP contribution in [0.2, 0.25) is 0 Å². The number of Topliss-reactive ketones (excluding diaryl/α,β-unsaturated/α-hetero) is 1. The van der Waals surface area contributed by atoms with E-state index in [1.807, 2.05) is 26.0 Å². The average molecular weight is 348 g/mol. The summed E-state index contributed by atoms with van der Waals surface area (Å²) in [5, 5.41) is 3.27. The van der Waals surface area contributed by atoms with Gasteiger partial charge in [0.2, 0.25) is 0 Å². The monoisotopic (exact) mass is 347 g/mol. The second kappa shape index (κ2) is 6.10. The Hall–Kier alpha value is -2.07. The van der Waals surface area contributed by atoms with Crippen molar-refractivity contribution in [3.8, 4) is 16.9 Å². The first kappa shape index (κ1) is 16.8. The van der Waals surface area contributed by atoms with E-state index in [1.165, 1.54) is 12.1 Å². The van der Waals surface area contributed by atoms with Gasteiger partial charge < -0.3 is 10.1 Å². The summed E-state index contributed by atoms with van der Waals surface area (Å²) in [6.07, 6.45) is 0.308. The SMILES string of the molecule is COc1ccc(F)cc1-c1ccc2c(c1CCl)CC(=O)C(C)(C)N2. The number of carbonyl (C=O) groups is 1. The molecule has 0 fully saturated rings. The quantitative estimate of drug-likeness (QED) is 0.827. The lowest BCUT2D eigenvalue weighted by molar-refractivity contribution is -0.122. The van der Waals surface area contributed by atoms with Gasteiger partial charge in [-0.1, -0.05) is 6.07 Å². The third-order valence-corrected chi connectivity index (χ3v) is 4.77. The Bertz CT molecular complexity index is 817. The highest BCUT2D eigenvalue weighted by atomic mass is 35.5. The van der Waals surface area contributed by atoms with Gasteiger partial charge in [0.15, 0.2) is 5.78 Å². The van der Waals surface area contributed by atoms with Crippen molar-refractivity contribution in [2.24, 2.45) is 0 Å². The van der Waals surface area contributed by atoms with Gasteiger partial charge in [0.25, 0.3) is 0 Å². The third-order valence-electron chi connectivity index (χ3n) is 4.50. The summed E-state index contributed by atoms with van der Waals surface area (Å²) in [6, 6.07) is 8.19. The van der Waals surface area contributed by atoms with Gasteiger partial charge in [0.05, 0.1) is 12.6 Å². The lowest BCUT2D eigenvalue weighted by Gasteiger charge is -2.34. The Morgan fingerprint density at radius 1 is 1.25 bits per heavy atom. The van der Waals surface area contributed by atoms with E-state index in [4.69, 9.17) is 16.3 Å². The van der Waals surface area contributed by atoms with E-state index in [9.17, 15) is 9.18 Å². The molecular weight excluding hydrogens is 329 g/mol. The number of ketones is 1. The van der Waals surface area contributed by atoms with Crippen LogP contribution in [0.15, 0.2) is 30.3 Å². The van der Waals surface area contributed by atoms with Gasteiger partial charge in [0.1, 0.15) is 11.6 Å². The van der Waals surface area contributed by atoms with E-state index < -0.39 is 5.54 Å². The first-order valence-corrected chi connectivity index (χ1v) is 8.27. The van der Waals surface area contributed by atoms with Crippen molar-refractivity contribution in [1.29, 1.82) is 0 Å². The first-order valence-electron chi connectivity index (χ1n) is 7.73. The van der Waals surface area contributed by atoms with Crippen LogP contribution in [0.3, 0.4) is 0 Å². The predicted octanol–water partition coefficient (Wildman–Crippen LogP) is 4.56. The van der Waals surface area contributed by atoms with Crippen LogP contribution in [0.4, 0.5) is 10.1 Å². The standard InChI is InChI=1S/C19H19ClFNO2/c1-19(2)18(23)9-13-15(10-20)12(5-6-16(13)22-19)14-8-11(21)4-7-17(14)24-3/h4-8,22H,9-10H2,1-3H3. The summed E-state index contributed by atoms with van der Waals surface area (Å²) < 4.78 is 19.1. The first-order chi connectivity index (χ1) is 11.4. The minimum atomic E-state index is -0.603. The topological polar surface area (TPSA) is 38.3 Å². The van der Waals surface area contributed by atoms with Crippen molar-refractivity contribution >= 4 is 23.1 Å². The molecule has 2 aromatic carbocycles. The number of benzene rings is 2. The fourth-order valence-corrected chi connectivity index (χ4v) is 3.40. The van der Waals surface area contributed by atoms with Crippen LogP contribution in [0.1, 0.15) is 25.0 Å². The number of alkyl halides is 1. The number of ether oxygens (including phenoxy) is 1. The van der Waals surface area contributed by atoms with E-state index in [0.717, 1.165) is 22.4 Å². The van der Waals surface area contributed by atoms with Crippen molar-refractivity contribution in [3.63, 3.8) is 0 Å². The average Bonchev–Trinajstić information content (AvgIpc) is 2.54. The molecule has 0 aromatic heterocycles. The molecule has 0 saturated carbocycles. The normalized spacial score (nSPS) is 15.6. The molecule has 126 valence electrons. The molecule has 0 amide bonds. The van der Waals surface area contributed by atoms with Crippen molar-refractivity contribution in [2.75, 3.05) is 12.4 Å². The van der Waals surface area contributed by atoms with Crippen molar-refractivity contribution < 1.29 is 13.9 Å². The van der Waals surface area contributed by atoms with Gasteiger partial charge in [-0.3, -0.25) is 4.79 Å². The largest absolute Gasteiger partial charge is 0.496 e. The van der Waals surface area contributed by atoms with Gasteiger partial charge in [0, 0.05) is 23.6 Å². The molecule has 0 saturated heterocycles. The second-order valence-electron chi connectivity index (χ2n) is 6.45. The Balaban J connectivity index is 2.21. The molecule has 0 aliphatic carbocycles. The van der Waals surface area contributed by atoms with E-state index in [1.54, 1.807) is 13.2 Å². The van der Waals surface area contributed by atoms with Crippen LogP contribution in [0.5, 0.6) is 5.75 Å². The summed E-state index contributed by atoms with van der Waals surface area (Å²) in [7, 11) is 1.54. The summed E-state index contributed by atoms with van der Waals surface area (Å²) >= 11 is 6.20. The number of fused-ring (bicyclic) bond motifs is 1. The summed E-state index contributed by atoms with van der Waals surface area (Å²) in [6.45, 7) is 3.73.